The number of rotatable bonds is 4. The molecule has 4 nitrogen and oxygen atoms in total. The summed E-state index contributed by atoms with van der Waals surface area (Å²) in [4.78, 5) is 10.0. The summed E-state index contributed by atoms with van der Waals surface area (Å²) in [5, 5.41) is 8.24. The van der Waals surface area contributed by atoms with E-state index in [1.54, 1.807) is 0 Å². The molecule has 10 heavy (non-hydrogen) atoms. The van der Waals surface area contributed by atoms with Gasteiger partial charge in [-0.05, 0) is 19.4 Å². The van der Waals surface area contributed by atoms with Crippen LogP contribution in [0.3, 0.4) is 0 Å². The first-order valence-electron chi connectivity index (χ1n) is 2.87. The Morgan fingerprint density at radius 1 is 1.60 bits per heavy atom. The van der Waals surface area contributed by atoms with Crippen LogP contribution >= 0.6 is 0 Å². The van der Waals surface area contributed by atoms with Crippen molar-refractivity contribution >= 4 is 43.7 Å². The third kappa shape index (κ3) is 6.77. The van der Waals surface area contributed by atoms with Crippen molar-refractivity contribution in [1.82, 2.24) is 0 Å². The average molecular weight is 174 g/mol. The van der Waals surface area contributed by atoms with E-state index in [1.807, 2.05) is 0 Å². The Hall–Kier alpha value is 0.650. The Balaban J connectivity index is 0. The Labute approximate surface area is 90.0 Å². The van der Waals surface area contributed by atoms with Gasteiger partial charge in [-0.15, -0.1) is 0 Å². The minimum absolute atomic E-state index is 0. The van der Waals surface area contributed by atoms with Gasteiger partial charge in [0, 0.05) is 0 Å². The number of carboxylic acids is 1. The molecule has 0 spiro atoms. The number of hydrogen-bond donors (Lipinski definition) is 3. The molecule has 0 aromatic rings. The fourth-order valence-electron chi connectivity index (χ4n) is 0.461. The monoisotopic (exact) mass is 174 g/mol. The van der Waals surface area contributed by atoms with E-state index in [0.29, 0.717) is 19.4 Å². The van der Waals surface area contributed by atoms with E-state index >= 15 is 0 Å². The summed E-state index contributed by atoms with van der Waals surface area (Å²) in [5.74, 6) is -0.955. The van der Waals surface area contributed by atoms with Crippen molar-refractivity contribution in [2.24, 2.45) is 11.5 Å². The molecule has 58 valence electrons. The summed E-state index contributed by atoms with van der Waals surface area (Å²) in [7, 11) is 0. The molecule has 0 bridgehead atoms. The van der Waals surface area contributed by atoms with E-state index in [4.69, 9.17) is 16.6 Å². The van der Waals surface area contributed by atoms with Crippen molar-refractivity contribution in [3.63, 3.8) is 0 Å². The Morgan fingerprint density at radius 2 is 2.10 bits per heavy atom. The normalized spacial score (nSPS) is 11.8. The van der Waals surface area contributed by atoms with E-state index in [-0.39, 0.29) is 37.7 Å². The zero-order valence-electron chi connectivity index (χ0n) is 5.21. The van der Waals surface area contributed by atoms with Gasteiger partial charge in [0.2, 0.25) is 0 Å². The molecule has 0 saturated heterocycles. The number of aliphatic carboxylic acids is 1. The fraction of sp³-hybridized carbons (Fsp3) is 0.800. The predicted molar refractivity (Wildman–Crippen MR) is 42.4 cm³/mol. The van der Waals surface area contributed by atoms with Crippen LogP contribution in [0.4, 0.5) is 0 Å². The van der Waals surface area contributed by atoms with E-state index in [2.05, 4.69) is 0 Å². The van der Waals surface area contributed by atoms with Gasteiger partial charge in [-0.25, -0.2) is 0 Å². The molecule has 0 radical (unpaired) electrons. The van der Waals surface area contributed by atoms with Crippen LogP contribution in [-0.4, -0.2) is 61.4 Å². The molecular weight excluding hydrogens is 160 g/mol. The van der Waals surface area contributed by atoms with Gasteiger partial charge in [-0.2, -0.15) is 0 Å². The molecule has 0 aliphatic heterocycles. The standard InChI is InChI=1S/C5H12N2O2.Ca.2H/c6-3-1-2-4(7)5(8)9;;;/h4H,1-3,6-7H2,(H,8,9);;;/t4-;;;/m1.../s1. The van der Waals surface area contributed by atoms with Crippen LogP contribution < -0.4 is 11.5 Å². The summed E-state index contributed by atoms with van der Waals surface area (Å²) >= 11 is 0. The zero-order valence-corrected chi connectivity index (χ0v) is 5.21. The van der Waals surface area contributed by atoms with E-state index in [0.717, 1.165) is 0 Å². The van der Waals surface area contributed by atoms with Crippen molar-refractivity contribution in [2.75, 3.05) is 6.54 Å². The summed E-state index contributed by atoms with van der Waals surface area (Å²) in [6.45, 7) is 0.501. The van der Waals surface area contributed by atoms with E-state index < -0.39 is 12.0 Å². The molecule has 0 saturated carbocycles. The first kappa shape index (κ1) is 13.3. The van der Waals surface area contributed by atoms with Crippen LogP contribution in [0, 0.1) is 0 Å². The molecule has 0 aliphatic rings. The molecule has 5 N–H and O–H groups in total. The van der Waals surface area contributed by atoms with Crippen molar-refractivity contribution in [3.8, 4) is 0 Å². The van der Waals surface area contributed by atoms with Crippen LogP contribution in [0.2, 0.25) is 0 Å². The van der Waals surface area contributed by atoms with Crippen molar-refractivity contribution in [2.45, 2.75) is 18.9 Å². The summed E-state index contributed by atoms with van der Waals surface area (Å²) in [6.07, 6.45) is 1.14. The Morgan fingerprint density at radius 3 is 2.40 bits per heavy atom. The predicted octanol–water partition coefficient (Wildman–Crippen LogP) is -1.78. The maximum absolute atomic E-state index is 10.0. The molecule has 0 aliphatic carbocycles. The molecule has 0 rings (SSSR count). The second kappa shape index (κ2) is 7.75. The van der Waals surface area contributed by atoms with Crippen LogP contribution in [-0.2, 0) is 4.79 Å². The third-order valence-corrected chi connectivity index (χ3v) is 1.04. The topological polar surface area (TPSA) is 89.3 Å². The minimum atomic E-state index is -0.955. The first-order chi connectivity index (χ1) is 4.18. The molecule has 5 heteroatoms. The van der Waals surface area contributed by atoms with Gasteiger partial charge < -0.3 is 16.6 Å². The molecule has 0 aromatic heterocycles. The van der Waals surface area contributed by atoms with Gasteiger partial charge in [0.25, 0.3) is 0 Å². The molecule has 0 aromatic carbocycles. The fourth-order valence-corrected chi connectivity index (χ4v) is 0.461. The Kier molecular flexibility index (Phi) is 10.3. The van der Waals surface area contributed by atoms with Gasteiger partial charge in [0.05, 0.1) is 0 Å². The van der Waals surface area contributed by atoms with Crippen LogP contribution in [0.15, 0.2) is 0 Å². The Bertz CT molecular complexity index is 99.6. The number of hydrogen-bond acceptors (Lipinski definition) is 3. The number of nitrogens with two attached hydrogens (primary N) is 2. The third-order valence-electron chi connectivity index (χ3n) is 1.04. The van der Waals surface area contributed by atoms with Crippen LogP contribution in [0.5, 0.6) is 0 Å². The zero-order chi connectivity index (χ0) is 7.28. The van der Waals surface area contributed by atoms with Crippen molar-refractivity contribution < 1.29 is 9.90 Å². The molecular formula is C5H14CaN2O2. The van der Waals surface area contributed by atoms with Gasteiger partial charge in [0.1, 0.15) is 6.04 Å². The molecule has 0 fully saturated rings. The quantitative estimate of drug-likeness (QED) is 0.440. The number of carboxylic acid groups (broad SMARTS) is 1. The van der Waals surface area contributed by atoms with Gasteiger partial charge >= 0.3 is 43.7 Å². The molecule has 0 heterocycles. The molecule has 1 atom stereocenters. The van der Waals surface area contributed by atoms with Crippen LogP contribution in [0.25, 0.3) is 0 Å². The molecule has 0 unspecified atom stereocenters. The van der Waals surface area contributed by atoms with E-state index in [1.165, 1.54) is 0 Å². The first-order valence-corrected chi connectivity index (χ1v) is 2.87. The van der Waals surface area contributed by atoms with E-state index in [9.17, 15) is 4.79 Å². The van der Waals surface area contributed by atoms with Gasteiger partial charge in [0.15, 0.2) is 0 Å². The van der Waals surface area contributed by atoms with Gasteiger partial charge in [-0.1, -0.05) is 0 Å². The average Bonchev–Trinajstić information content (AvgIpc) is 1.82. The summed E-state index contributed by atoms with van der Waals surface area (Å²) in [5.41, 5.74) is 10.3. The second-order valence-electron chi connectivity index (χ2n) is 1.88. The van der Waals surface area contributed by atoms with Crippen molar-refractivity contribution in [1.29, 1.82) is 0 Å². The molecule has 0 amide bonds. The SMILES string of the molecule is NCCC[C@@H](N)C(=O)O.[CaH2]. The second-order valence-corrected chi connectivity index (χ2v) is 1.88. The van der Waals surface area contributed by atoms with Gasteiger partial charge in [-0.3, -0.25) is 4.79 Å². The van der Waals surface area contributed by atoms with Crippen LogP contribution in [0.1, 0.15) is 12.8 Å². The maximum atomic E-state index is 10.0. The summed E-state index contributed by atoms with van der Waals surface area (Å²) < 4.78 is 0. The van der Waals surface area contributed by atoms with Crippen molar-refractivity contribution in [3.05, 3.63) is 0 Å². The number of carbonyl (C=O) groups is 1. The summed E-state index contributed by atoms with van der Waals surface area (Å²) in [6, 6.07) is -0.742.